The molecule has 2 N–H and O–H groups in total. The van der Waals surface area contributed by atoms with Gasteiger partial charge < -0.3 is 5.73 Å². The van der Waals surface area contributed by atoms with E-state index in [1.165, 1.54) is 0 Å². The predicted octanol–water partition coefficient (Wildman–Crippen LogP) is 0.592. The predicted molar refractivity (Wildman–Crippen MR) is 46.2 cm³/mol. The lowest BCUT2D eigenvalue weighted by atomic mass is 10.2. The fraction of sp³-hybridized carbons (Fsp3) is 0.875. The molecule has 0 saturated carbocycles. The van der Waals surface area contributed by atoms with Crippen molar-refractivity contribution in [1.29, 1.82) is 0 Å². The minimum Gasteiger partial charge on any atom is -0.368 e. The van der Waals surface area contributed by atoms with Crippen molar-refractivity contribution in [2.75, 3.05) is 13.6 Å². The molecule has 1 amide bonds. The summed E-state index contributed by atoms with van der Waals surface area (Å²) >= 11 is 0. The summed E-state index contributed by atoms with van der Waals surface area (Å²) in [6.07, 6.45) is 2.04. The third-order valence-corrected chi connectivity index (χ3v) is 1.85. The largest absolute Gasteiger partial charge is 0.368 e. The zero-order valence-corrected chi connectivity index (χ0v) is 7.63. The fourth-order valence-corrected chi connectivity index (χ4v) is 1.27. The van der Waals surface area contributed by atoms with Crippen LogP contribution in [0.3, 0.4) is 0 Å². The van der Waals surface area contributed by atoms with E-state index in [-0.39, 0.29) is 11.9 Å². The highest BCUT2D eigenvalue weighted by atomic mass is 16.1. The van der Waals surface area contributed by atoms with Crippen LogP contribution in [-0.4, -0.2) is 30.4 Å². The normalized spacial score (nSPS) is 24.1. The first-order chi connectivity index (χ1) is 5.22. The number of carbonyl (C=O) groups excluding carboxylic acids is 1. The Balaban J connectivity index is 0.000000461. The Morgan fingerprint density at radius 3 is 2.27 bits per heavy atom. The van der Waals surface area contributed by atoms with Gasteiger partial charge >= 0.3 is 0 Å². The van der Waals surface area contributed by atoms with Gasteiger partial charge in [0.1, 0.15) is 0 Å². The third kappa shape index (κ3) is 2.89. The van der Waals surface area contributed by atoms with Crippen LogP contribution < -0.4 is 5.73 Å². The maximum Gasteiger partial charge on any atom is 0.234 e. The minimum atomic E-state index is -0.185. The molecule has 66 valence electrons. The number of carbonyl (C=O) groups is 1. The van der Waals surface area contributed by atoms with Crippen molar-refractivity contribution >= 4 is 5.91 Å². The number of likely N-dealkylation sites (N-methyl/N-ethyl adjacent to an activating group) is 1. The summed E-state index contributed by atoms with van der Waals surface area (Å²) in [4.78, 5) is 12.6. The van der Waals surface area contributed by atoms with Gasteiger partial charge in [0.2, 0.25) is 5.91 Å². The van der Waals surface area contributed by atoms with Gasteiger partial charge in [0.15, 0.2) is 0 Å². The maximum atomic E-state index is 10.6. The standard InChI is InChI=1S/C6H12N2O.C2H6/c1-8-4-2-3-5(8)6(7)9;1-2/h5H,2-4H2,1H3,(H2,7,9);1-2H3/t5-;/m1./s1. The molecule has 3 nitrogen and oxygen atoms in total. The van der Waals surface area contributed by atoms with Gasteiger partial charge in [-0.25, -0.2) is 0 Å². The molecule has 11 heavy (non-hydrogen) atoms. The fourth-order valence-electron chi connectivity index (χ4n) is 1.27. The van der Waals surface area contributed by atoms with Crippen molar-refractivity contribution in [3.63, 3.8) is 0 Å². The molecule has 1 atom stereocenters. The second-order valence-electron chi connectivity index (χ2n) is 2.54. The second kappa shape index (κ2) is 5.13. The van der Waals surface area contributed by atoms with E-state index in [1.807, 2.05) is 25.8 Å². The highest BCUT2D eigenvalue weighted by molar-refractivity contribution is 5.80. The van der Waals surface area contributed by atoms with Gasteiger partial charge in [-0.3, -0.25) is 9.69 Å². The first-order valence-corrected chi connectivity index (χ1v) is 4.21. The van der Waals surface area contributed by atoms with E-state index in [4.69, 9.17) is 5.73 Å². The molecule has 3 heteroatoms. The van der Waals surface area contributed by atoms with Crippen molar-refractivity contribution in [2.24, 2.45) is 5.73 Å². The van der Waals surface area contributed by atoms with E-state index < -0.39 is 0 Å². The van der Waals surface area contributed by atoms with Crippen molar-refractivity contribution in [2.45, 2.75) is 32.7 Å². The summed E-state index contributed by atoms with van der Waals surface area (Å²) < 4.78 is 0. The Hall–Kier alpha value is -0.570. The number of hydrogen-bond donors (Lipinski definition) is 1. The molecule has 0 aromatic rings. The first kappa shape index (κ1) is 10.4. The molecule has 1 aliphatic heterocycles. The highest BCUT2D eigenvalue weighted by Crippen LogP contribution is 2.13. The van der Waals surface area contributed by atoms with E-state index in [0.717, 1.165) is 19.4 Å². The molecule has 0 aliphatic carbocycles. The van der Waals surface area contributed by atoms with Gasteiger partial charge in [0.25, 0.3) is 0 Å². The third-order valence-electron chi connectivity index (χ3n) is 1.85. The summed E-state index contributed by atoms with van der Waals surface area (Å²) in [5.41, 5.74) is 5.11. The van der Waals surface area contributed by atoms with Crippen LogP contribution in [0.4, 0.5) is 0 Å². The molecule has 0 bridgehead atoms. The average Bonchev–Trinajstić information content (AvgIpc) is 2.39. The highest BCUT2D eigenvalue weighted by Gasteiger charge is 2.24. The zero-order valence-electron chi connectivity index (χ0n) is 7.63. The molecule has 1 rings (SSSR count). The summed E-state index contributed by atoms with van der Waals surface area (Å²) in [6.45, 7) is 5.01. The molecule has 1 aliphatic rings. The van der Waals surface area contributed by atoms with E-state index in [1.54, 1.807) is 0 Å². The maximum absolute atomic E-state index is 10.6. The smallest absolute Gasteiger partial charge is 0.234 e. The van der Waals surface area contributed by atoms with Crippen LogP contribution in [0.1, 0.15) is 26.7 Å². The van der Waals surface area contributed by atoms with Crippen molar-refractivity contribution in [1.82, 2.24) is 4.90 Å². The molecule has 1 saturated heterocycles. The van der Waals surface area contributed by atoms with Crippen LogP contribution in [0.5, 0.6) is 0 Å². The summed E-state index contributed by atoms with van der Waals surface area (Å²) in [6, 6.07) is 0.00463. The summed E-state index contributed by atoms with van der Waals surface area (Å²) in [5.74, 6) is -0.185. The van der Waals surface area contributed by atoms with Crippen LogP contribution in [0.2, 0.25) is 0 Å². The number of primary amides is 1. The minimum absolute atomic E-state index is 0.00463. The Labute approximate surface area is 68.6 Å². The first-order valence-electron chi connectivity index (χ1n) is 4.21. The molecule has 0 aromatic heterocycles. The molecular weight excluding hydrogens is 140 g/mol. The lowest BCUT2D eigenvalue weighted by molar-refractivity contribution is -0.121. The number of likely N-dealkylation sites (tertiary alicyclic amines) is 1. The lowest BCUT2D eigenvalue weighted by Gasteiger charge is -2.14. The Bertz CT molecular complexity index is 125. The Morgan fingerprint density at radius 1 is 1.55 bits per heavy atom. The Kier molecular flexibility index (Phi) is 4.86. The van der Waals surface area contributed by atoms with E-state index >= 15 is 0 Å². The van der Waals surface area contributed by atoms with E-state index in [9.17, 15) is 4.79 Å². The summed E-state index contributed by atoms with van der Waals surface area (Å²) in [7, 11) is 1.93. The van der Waals surface area contributed by atoms with Gasteiger partial charge in [-0.2, -0.15) is 0 Å². The van der Waals surface area contributed by atoms with Crippen LogP contribution in [-0.2, 0) is 4.79 Å². The lowest BCUT2D eigenvalue weighted by Crippen LogP contribution is -2.37. The number of nitrogens with two attached hydrogens (primary N) is 1. The topological polar surface area (TPSA) is 46.3 Å². The number of amides is 1. The average molecular weight is 158 g/mol. The number of nitrogens with zero attached hydrogens (tertiary/aromatic N) is 1. The number of hydrogen-bond acceptors (Lipinski definition) is 2. The number of rotatable bonds is 1. The van der Waals surface area contributed by atoms with Crippen molar-refractivity contribution in [3.05, 3.63) is 0 Å². The molecule has 1 fully saturated rings. The molecular formula is C8H18N2O. The van der Waals surface area contributed by atoms with Crippen LogP contribution in [0, 0.1) is 0 Å². The molecule has 0 spiro atoms. The van der Waals surface area contributed by atoms with Gasteiger partial charge in [-0.1, -0.05) is 13.8 Å². The van der Waals surface area contributed by atoms with E-state index in [0.29, 0.717) is 0 Å². The van der Waals surface area contributed by atoms with Crippen LogP contribution in [0.25, 0.3) is 0 Å². The Morgan fingerprint density at radius 2 is 2.09 bits per heavy atom. The van der Waals surface area contributed by atoms with Crippen LogP contribution in [0.15, 0.2) is 0 Å². The zero-order chi connectivity index (χ0) is 8.85. The van der Waals surface area contributed by atoms with Crippen molar-refractivity contribution in [3.8, 4) is 0 Å². The van der Waals surface area contributed by atoms with Crippen LogP contribution >= 0.6 is 0 Å². The monoisotopic (exact) mass is 158 g/mol. The molecule has 1 heterocycles. The van der Waals surface area contributed by atoms with E-state index in [2.05, 4.69) is 0 Å². The van der Waals surface area contributed by atoms with Gasteiger partial charge in [0, 0.05) is 0 Å². The molecule has 0 aromatic carbocycles. The van der Waals surface area contributed by atoms with Gasteiger partial charge in [-0.05, 0) is 26.4 Å². The quantitative estimate of drug-likeness (QED) is 0.607. The SMILES string of the molecule is CC.CN1CCC[C@@H]1C(N)=O. The van der Waals surface area contributed by atoms with Crippen molar-refractivity contribution < 1.29 is 4.79 Å². The second-order valence-corrected chi connectivity index (χ2v) is 2.54. The van der Waals surface area contributed by atoms with Gasteiger partial charge in [-0.15, -0.1) is 0 Å². The summed E-state index contributed by atoms with van der Waals surface area (Å²) in [5, 5.41) is 0. The molecule has 0 radical (unpaired) electrons. The molecule has 0 unspecified atom stereocenters. The van der Waals surface area contributed by atoms with Gasteiger partial charge in [0.05, 0.1) is 6.04 Å².